The van der Waals surface area contributed by atoms with Crippen molar-refractivity contribution in [1.29, 1.82) is 0 Å². The summed E-state index contributed by atoms with van der Waals surface area (Å²) in [6.07, 6.45) is 0. The predicted molar refractivity (Wildman–Crippen MR) is 66.5 cm³/mol. The average Bonchev–Trinajstić information content (AvgIpc) is 2.39. The fourth-order valence-corrected chi connectivity index (χ4v) is 1.52. The Morgan fingerprint density at radius 2 is 1.74 bits per heavy atom. The van der Waals surface area contributed by atoms with Crippen LogP contribution in [0.5, 0.6) is 11.5 Å². The molecule has 0 saturated carbocycles. The molecule has 0 aliphatic rings. The molecule has 2 aromatic rings. The van der Waals surface area contributed by atoms with Crippen molar-refractivity contribution in [2.24, 2.45) is 0 Å². The van der Waals surface area contributed by atoms with Crippen LogP contribution in [-0.4, -0.2) is 22.2 Å². The highest BCUT2D eigenvalue weighted by Crippen LogP contribution is 2.20. The minimum atomic E-state index is -1.18. The van der Waals surface area contributed by atoms with Gasteiger partial charge in [-0.2, -0.15) is 0 Å². The van der Waals surface area contributed by atoms with Crippen molar-refractivity contribution in [2.75, 3.05) is 0 Å². The number of aromatic carboxylic acids is 1. The van der Waals surface area contributed by atoms with Crippen molar-refractivity contribution >= 4 is 11.9 Å². The first-order valence-corrected chi connectivity index (χ1v) is 5.41. The van der Waals surface area contributed by atoms with E-state index in [1.165, 1.54) is 42.5 Å². The molecule has 0 aromatic heterocycles. The van der Waals surface area contributed by atoms with Gasteiger partial charge in [0.1, 0.15) is 17.1 Å². The molecule has 0 aliphatic heterocycles. The maximum absolute atomic E-state index is 11.8. The van der Waals surface area contributed by atoms with Gasteiger partial charge in [0.05, 0.1) is 5.56 Å². The maximum Gasteiger partial charge on any atom is 0.343 e. The molecule has 2 rings (SSSR count). The minimum absolute atomic E-state index is 0.0386. The highest BCUT2D eigenvalue weighted by atomic mass is 16.5. The van der Waals surface area contributed by atoms with Gasteiger partial charge in [-0.05, 0) is 30.3 Å². The van der Waals surface area contributed by atoms with Gasteiger partial charge in [-0.3, -0.25) is 0 Å². The largest absolute Gasteiger partial charge is 0.508 e. The third kappa shape index (κ3) is 2.90. The summed E-state index contributed by atoms with van der Waals surface area (Å²) in [5, 5.41) is 18.2. The van der Waals surface area contributed by atoms with Crippen LogP contribution in [0.25, 0.3) is 0 Å². The van der Waals surface area contributed by atoms with E-state index in [9.17, 15) is 14.7 Å². The smallest absolute Gasteiger partial charge is 0.343 e. The van der Waals surface area contributed by atoms with Crippen molar-refractivity contribution in [3.05, 3.63) is 59.7 Å². The number of hydrogen-bond acceptors (Lipinski definition) is 4. The minimum Gasteiger partial charge on any atom is -0.508 e. The molecule has 0 fully saturated rings. The number of aromatic hydroxyl groups is 1. The van der Waals surface area contributed by atoms with Crippen molar-refractivity contribution < 1.29 is 24.5 Å². The molecule has 0 spiro atoms. The predicted octanol–water partition coefficient (Wildman–Crippen LogP) is 2.31. The van der Waals surface area contributed by atoms with E-state index in [4.69, 9.17) is 9.84 Å². The highest BCUT2D eigenvalue weighted by molar-refractivity contribution is 5.95. The zero-order chi connectivity index (χ0) is 13.8. The molecule has 0 heterocycles. The number of esters is 1. The Labute approximate surface area is 108 Å². The first-order valence-electron chi connectivity index (χ1n) is 5.41. The Morgan fingerprint density at radius 3 is 2.42 bits per heavy atom. The summed E-state index contributed by atoms with van der Waals surface area (Å²) in [5.74, 6) is -2.02. The molecule has 2 aromatic carbocycles. The molecule has 0 unspecified atom stereocenters. The Balaban J connectivity index is 2.27. The van der Waals surface area contributed by atoms with Gasteiger partial charge in [-0.15, -0.1) is 0 Å². The van der Waals surface area contributed by atoms with Crippen LogP contribution in [-0.2, 0) is 0 Å². The summed E-state index contributed by atoms with van der Waals surface area (Å²) in [4.78, 5) is 22.8. The third-order valence-electron chi connectivity index (χ3n) is 2.40. The lowest BCUT2D eigenvalue weighted by Crippen LogP contribution is -2.11. The Hall–Kier alpha value is -2.82. The topological polar surface area (TPSA) is 83.8 Å². The summed E-state index contributed by atoms with van der Waals surface area (Å²) in [5.41, 5.74) is 0.0381. The van der Waals surface area contributed by atoms with Crippen molar-refractivity contribution in [1.82, 2.24) is 0 Å². The molecule has 19 heavy (non-hydrogen) atoms. The number of rotatable bonds is 3. The number of carbonyl (C=O) groups is 2. The van der Waals surface area contributed by atoms with Gasteiger partial charge in [0.2, 0.25) is 0 Å². The average molecular weight is 258 g/mol. The van der Waals surface area contributed by atoms with E-state index in [-0.39, 0.29) is 22.6 Å². The quantitative estimate of drug-likeness (QED) is 0.652. The lowest BCUT2D eigenvalue weighted by Gasteiger charge is -2.07. The van der Waals surface area contributed by atoms with Gasteiger partial charge in [0.15, 0.2) is 0 Å². The summed E-state index contributed by atoms with van der Waals surface area (Å²) >= 11 is 0. The molecule has 0 amide bonds. The number of phenols is 1. The lowest BCUT2D eigenvalue weighted by atomic mass is 10.2. The zero-order valence-corrected chi connectivity index (χ0v) is 9.74. The standard InChI is InChI=1S/C14H10O5/c15-10-5-3-4-9(8-10)14(18)19-12-7-2-1-6-11(12)13(16)17/h1-8,15H,(H,16,17). The van der Waals surface area contributed by atoms with Gasteiger partial charge in [-0.1, -0.05) is 18.2 Å². The summed E-state index contributed by atoms with van der Waals surface area (Å²) in [6, 6.07) is 11.5. The summed E-state index contributed by atoms with van der Waals surface area (Å²) in [7, 11) is 0. The van der Waals surface area contributed by atoms with Crippen molar-refractivity contribution in [3.63, 3.8) is 0 Å². The SMILES string of the molecule is O=C(Oc1ccccc1C(=O)O)c1cccc(O)c1. The molecule has 2 N–H and O–H groups in total. The number of carboxylic acid groups (broad SMARTS) is 1. The molecule has 96 valence electrons. The second-order valence-corrected chi connectivity index (χ2v) is 3.74. The molecular formula is C14H10O5. The van der Waals surface area contributed by atoms with E-state index in [1.54, 1.807) is 6.07 Å². The van der Waals surface area contributed by atoms with Crippen molar-refractivity contribution in [2.45, 2.75) is 0 Å². The van der Waals surface area contributed by atoms with Crippen LogP contribution in [0, 0.1) is 0 Å². The molecule has 0 atom stereocenters. The monoisotopic (exact) mass is 258 g/mol. The molecule has 0 radical (unpaired) electrons. The van der Waals surface area contributed by atoms with E-state index in [0.29, 0.717) is 0 Å². The first kappa shape index (κ1) is 12.6. The Bertz CT molecular complexity index is 633. The Morgan fingerprint density at radius 1 is 1.00 bits per heavy atom. The number of benzene rings is 2. The van der Waals surface area contributed by atoms with Crippen molar-refractivity contribution in [3.8, 4) is 11.5 Å². The Kier molecular flexibility index (Phi) is 3.47. The zero-order valence-electron chi connectivity index (χ0n) is 9.74. The number of ether oxygens (including phenoxy) is 1. The van der Waals surface area contributed by atoms with Crippen LogP contribution < -0.4 is 4.74 Å². The molecule has 0 saturated heterocycles. The fourth-order valence-electron chi connectivity index (χ4n) is 1.52. The molecular weight excluding hydrogens is 248 g/mol. The van der Waals surface area contributed by atoms with Gasteiger partial charge >= 0.3 is 11.9 Å². The van der Waals surface area contributed by atoms with Gasteiger partial charge < -0.3 is 14.9 Å². The first-order chi connectivity index (χ1) is 9.08. The van der Waals surface area contributed by atoms with Crippen LogP contribution in [0.4, 0.5) is 0 Å². The number of phenolic OH excluding ortho intramolecular Hbond substituents is 1. The number of carboxylic acids is 1. The lowest BCUT2D eigenvalue weighted by molar-refractivity contribution is 0.0681. The van der Waals surface area contributed by atoms with Gasteiger partial charge in [0, 0.05) is 0 Å². The van der Waals surface area contributed by atoms with E-state index in [2.05, 4.69) is 0 Å². The summed E-state index contributed by atoms with van der Waals surface area (Å²) in [6.45, 7) is 0. The molecule has 5 nitrogen and oxygen atoms in total. The normalized spacial score (nSPS) is 9.89. The molecule has 0 aliphatic carbocycles. The number of para-hydroxylation sites is 1. The number of carbonyl (C=O) groups excluding carboxylic acids is 1. The van der Waals surface area contributed by atoms with Crippen LogP contribution in [0.3, 0.4) is 0 Å². The third-order valence-corrected chi connectivity index (χ3v) is 2.40. The van der Waals surface area contributed by atoms with Crippen LogP contribution in [0.1, 0.15) is 20.7 Å². The molecule has 0 bridgehead atoms. The summed E-state index contributed by atoms with van der Waals surface area (Å²) < 4.78 is 5.02. The molecule has 5 heteroatoms. The van der Waals surface area contributed by atoms with E-state index >= 15 is 0 Å². The van der Waals surface area contributed by atoms with Crippen LogP contribution in [0.15, 0.2) is 48.5 Å². The van der Waals surface area contributed by atoms with Crippen LogP contribution >= 0.6 is 0 Å². The van der Waals surface area contributed by atoms with E-state index in [1.807, 2.05) is 0 Å². The van der Waals surface area contributed by atoms with Gasteiger partial charge in [0.25, 0.3) is 0 Å². The van der Waals surface area contributed by atoms with E-state index in [0.717, 1.165) is 0 Å². The van der Waals surface area contributed by atoms with Gasteiger partial charge in [-0.25, -0.2) is 9.59 Å². The second-order valence-electron chi connectivity index (χ2n) is 3.74. The fraction of sp³-hybridized carbons (Fsp3) is 0. The second kappa shape index (κ2) is 5.22. The van der Waals surface area contributed by atoms with E-state index < -0.39 is 11.9 Å². The maximum atomic E-state index is 11.8. The highest BCUT2D eigenvalue weighted by Gasteiger charge is 2.15. The number of hydrogen-bond donors (Lipinski definition) is 2. The van der Waals surface area contributed by atoms with Crippen LogP contribution in [0.2, 0.25) is 0 Å².